The van der Waals surface area contributed by atoms with Gasteiger partial charge in [-0.05, 0) is 34.5 Å². The largest absolute Gasteiger partial charge is 0.389 e. The number of halogens is 1. The maximum Gasteiger partial charge on any atom is 0.184 e. The molecule has 6 atom stereocenters. The number of nitrogens with zero attached hydrogens (tertiary/aromatic N) is 7. The SMILES string of the molecule is Cc1nc([C@@H]2OC3COC(c4ccccc4)O[C@@H]3[C@H](N=[N+]=[N-])C2O)n(-c2cncc(Br)c2)n1. The molecule has 12 heteroatoms. The number of benzene rings is 1. The lowest BCUT2D eigenvalue weighted by Crippen LogP contribution is -2.58. The molecule has 2 aliphatic heterocycles. The fourth-order valence-corrected chi connectivity index (χ4v) is 4.47. The Bertz CT molecular complexity index is 1190. The lowest BCUT2D eigenvalue weighted by molar-refractivity contribution is -0.309. The standard InChI is InChI=1S/C21H20BrN7O4/c1-11-25-20(29(27-11)14-7-13(22)8-24-9-14)19-17(30)16(26-28-23)18-15(32-19)10-31-21(33-18)12-5-3-2-4-6-12/h2-9,15-19,21,30H,10H2,1H3/t15?,16-,17?,18+,19-,21?/m1/s1. The van der Waals surface area contributed by atoms with Crippen LogP contribution in [-0.4, -0.2) is 55.8 Å². The summed E-state index contributed by atoms with van der Waals surface area (Å²) in [6, 6.07) is 10.3. The van der Waals surface area contributed by atoms with Gasteiger partial charge in [-0.15, -0.1) is 0 Å². The van der Waals surface area contributed by atoms with Crippen molar-refractivity contribution in [3.63, 3.8) is 0 Å². The zero-order valence-corrected chi connectivity index (χ0v) is 19.1. The van der Waals surface area contributed by atoms with E-state index in [1.807, 2.05) is 36.4 Å². The number of fused-ring (bicyclic) bond motifs is 1. The van der Waals surface area contributed by atoms with Crippen LogP contribution >= 0.6 is 15.9 Å². The average Bonchev–Trinajstić information content (AvgIpc) is 3.22. The van der Waals surface area contributed by atoms with Crippen LogP contribution in [0.2, 0.25) is 0 Å². The van der Waals surface area contributed by atoms with Crippen LogP contribution in [0.1, 0.15) is 29.6 Å². The van der Waals surface area contributed by atoms with Gasteiger partial charge in [0.15, 0.2) is 12.1 Å². The number of rotatable bonds is 4. The molecule has 0 radical (unpaired) electrons. The minimum Gasteiger partial charge on any atom is -0.389 e. The summed E-state index contributed by atoms with van der Waals surface area (Å²) in [6.45, 7) is 1.93. The molecular weight excluding hydrogens is 494 g/mol. The summed E-state index contributed by atoms with van der Waals surface area (Å²) in [5, 5.41) is 19.5. The van der Waals surface area contributed by atoms with Gasteiger partial charge in [0.25, 0.3) is 0 Å². The fourth-order valence-electron chi connectivity index (χ4n) is 4.12. The van der Waals surface area contributed by atoms with Crippen molar-refractivity contribution in [3.8, 4) is 5.69 Å². The van der Waals surface area contributed by atoms with Gasteiger partial charge in [0.2, 0.25) is 0 Å². The summed E-state index contributed by atoms with van der Waals surface area (Å²) < 4.78 is 20.5. The quantitative estimate of drug-likeness (QED) is 0.320. The molecule has 5 rings (SSSR count). The van der Waals surface area contributed by atoms with Crippen molar-refractivity contribution in [2.24, 2.45) is 5.11 Å². The number of azide groups is 1. The van der Waals surface area contributed by atoms with E-state index in [9.17, 15) is 10.6 Å². The van der Waals surface area contributed by atoms with Crippen LogP contribution in [-0.2, 0) is 14.2 Å². The molecule has 2 aromatic heterocycles. The van der Waals surface area contributed by atoms with Crippen molar-refractivity contribution in [3.05, 3.63) is 80.9 Å². The normalized spacial score (nSPS) is 29.2. The summed E-state index contributed by atoms with van der Waals surface area (Å²) in [6.07, 6.45) is -0.809. The molecular formula is C21H20BrN7O4. The van der Waals surface area contributed by atoms with E-state index in [1.54, 1.807) is 24.0 Å². The summed E-state index contributed by atoms with van der Waals surface area (Å²) in [5.41, 5.74) is 10.7. The van der Waals surface area contributed by atoms with E-state index >= 15 is 0 Å². The van der Waals surface area contributed by atoms with Gasteiger partial charge in [-0.3, -0.25) is 4.98 Å². The number of aromatic nitrogens is 4. The highest BCUT2D eigenvalue weighted by Crippen LogP contribution is 2.40. The number of pyridine rings is 1. The van der Waals surface area contributed by atoms with Crippen molar-refractivity contribution in [1.29, 1.82) is 0 Å². The van der Waals surface area contributed by atoms with Crippen molar-refractivity contribution < 1.29 is 19.3 Å². The van der Waals surface area contributed by atoms with E-state index in [1.165, 1.54) is 0 Å². The second-order valence-electron chi connectivity index (χ2n) is 7.75. The molecule has 2 fully saturated rings. The highest BCUT2D eigenvalue weighted by molar-refractivity contribution is 9.10. The lowest BCUT2D eigenvalue weighted by Gasteiger charge is -2.46. The lowest BCUT2D eigenvalue weighted by atomic mass is 9.91. The molecule has 4 heterocycles. The van der Waals surface area contributed by atoms with Crippen molar-refractivity contribution >= 4 is 15.9 Å². The summed E-state index contributed by atoms with van der Waals surface area (Å²) in [7, 11) is 0. The molecule has 1 N–H and O–H groups in total. The Morgan fingerprint density at radius 2 is 2.06 bits per heavy atom. The van der Waals surface area contributed by atoms with Crippen LogP contribution < -0.4 is 0 Å². The highest BCUT2D eigenvalue weighted by atomic mass is 79.9. The van der Waals surface area contributed by atoms with Gasteiger partial charge >= 0.3 is 0 Å². The van der Waals surface area contributed by atoms with E-state index in [0.717, 1.165) is 10.0 Å². The van der Waals surface area contributed by atoms with Gasteiger partial charge in [-0.25, -0.2) is 9.67 Å². The minimum atomic E-state index is -1.22. The summed E-state index contributed by atoms with van der Waals surface area (Å²) >= 11 is 3.41. The number of aliphatic hydroxyl groups is 1. The van der Waals surface area contributed by atoms with E-state index < -0.39 is 36.7 Å². The smallest absolute Gasteiger partial charge is 0.184 e. The van der Waals surface area contributed by atoms with Gasteiger partial charge in [0, 0.05) is 21.1 Å². The molecule has 0 aliphatic carbocycles. The monoisotopic (exact) mass is 513 g/mol. The van der Waals surface area contributed by atoms with E-state index in [4.69, 9.17) is 14.2 Å². The predicted octanol–water partition coefficient (Wildman–Crippen LogP) is 3.33. The van der Waals surface area contributed by atoms with Crippen molar-refractivity contribution in [1.82, 2.24) is 19.7 Å². The number of hydrogen-bond acceptors (Lipinski definition) is 8. The third kappa shape index (κ3) is 4.24. The van der Waals surface area contributed by atoms with Crippen molar-refractivity contribution in [2.45, 2.75) is 43.7 Å². The van der Waals surface area contributed by atoms with Gasteiger partial charge < -0.3 is 19.3 Å². The fraction of sp³-hybridized carbons (Fsp3) is 0.381. The summed E-state index contributed by atoms with van der Waals surface area (Å²) in [4.78, 5) is 11.6. The first-order chi connectivity index (χ1) is 16.0. The second-order valence-corrected chi connectivity index (χ2v) is 8.66. The Kier molecular flexibility index (Phi) is 6.11. The van der Waals surface area contributed by atoms with Crippen LogP contribution in [0.4, 0.5) is 0 Å². The molecule has 3 unspecified atom stereocenters. The highest BCUT2D eigenvalue weighted by Gasteiger charge is 2.51. The maximum atomic E-state index is 11.2. The average molecular weight is 514 g/mol. The van der Waals surface area contributed by atoms with Crippen LogP contribution in [0.5, 0.6) is 0 Å². The van der Waals surface area contributed by atoms with E-state index in [2.05, 4.69) is 41.0 Å². The number of ether oxygens (including phenoxy) is 3. The Hall–Kier alpha value is -2.86. The zero-order valence-electron chi connectivity index (χ0n) is 17.5. The first-order valence-corrected chi connectivity index (χ1v) is 11.1. The van der Waals surface area contributed by atoms with Crippen LogP contribution in [0.25, 0.3) is 16.1 Å². The maximum absolute atomic E-state index is 11.2. The minimum absolute atomic E-state index is 0.191. The third-order valence-corrected chi connectivity index (χ3v) is 6.00. The van der Waals surface area contributed by atoms with E-state index in [-0.39, 0.29) is 6.61 Å². The molecule has 33 heavy (non-hydrogen) atoms. The zero-order chi connectivity index (χ0) is 22.9. The van der Waals surface area contributed by atoms with Gasteiger partial charge in [-0.2, -0.15) is 5.10 Å². The molecule has 0 spiro atoms. The number of hydrogen-bond donors (Lipinski definition) is 1. The first kappa shape index (κ1) is 22.0. The molecule has 11 nitrogen and oxygen atoms in total. The Labute approximate surface area is 197 Å². The third-order valence-electron chi connectivity index (χ3n) is 5.56. The van der Waals surface area contributed by atoms with Crippen LogP contribution in [0.3, 0.4) is 0 Å². The predicted molar refractivity (Wildman–Crippen MR) is 118 cm³/mol. The Morgan fingerprint density at radius 1 is 1.24 bits per heavy atom. The molecule has 0 bridgehead atoms. The molecule has 170 valence electrons. The molecule has 0 saturated carbocycles. The van der Waals surface area contributed by atoms with Gasteiger partial charge in [0.1, 0.15) is 24.1 Å². The van der Waals surface area contributed by atoms with Gasteiger partial charge in [-0.1, -0.05) is 35.4 Å². The number of aryl methyl sites for hydroxylation is 1. The molecule has 0 amide bonds. The second kappa shape index (κ2) is 9.18. The van der Waals surface area contributed by atoms with Crippen LogP contribution in [0, 0.1) is 6.92 Å². The van der Waals surface area contributed by atoms with Gasteiger partial charge in [0.05, 0.1) is 30.6 Å². The molecule has 2 saturated heterocycles. The topological polar surface area (TPSA) is 140 Å². The molecule has 1 aromatic carbocycles. The molecule has 2 aliphatic rings. The Morgan fingerprint density at radius 3 is 2.82 bits per heavy atom. The first-order valence-electron chi connectivity index (χ1n) is 10.3. The Balaban J connectivity index is 1.48. The summed E-state index contributed by atoms with van der Waals surface area (Å²) in [5.74, 6) is 0.852. The number of aliphatic hydroxyl groups excluding tert-OH is 1. The van der Waals surface area contributed by atoms with E-state index in [0.29, 0.717) is 17.3 Å². The van der Waals surface area contributed by atoms with Crippen molar-refractivity contribution in [2.75, 3.05) is 6.61 Å². The molecule has 3 aromatic rings. The van der Waals surface area contributed by atoms with Crippen LogP contribution in [0.15, 0.2) is 58.4 Å².